The number of rotatable bonds is 2. The van der Waals surface area contributed by atoms with Gasteiger partial charge in [-0.25, -0.2) is 0 Å². The molecule has 0 aliphatic rings. The van der Waals surface area contributed by atoms with Crippen molar-refractivity contribution in [3.05, 3.63) is 23.8 Å². The Labute approximate surface area is 84.4 Å². The molecule has 1 radical (unpaired) electrons. The number of ether oxygens (including phenoxy) is 2. The number of methoxy groups -OCH3 is 2. The van der Waals surface area contributed by atoms with Crippen LogP contribution in [0, 0.1) is 6.92 Å². The fourth-order valence-electron chi connectivity index (χ4n) is 1.04. The second-order valence-corrected chi connectivity index (χ2v) is 2.40. The van der Waals surface area contributed by atoms with Crippen LogP contribution < -0.4 is 9.47 Å². The molecule has 0 aromatic heterocycles. The molecule has 0 aliphatic heterocycles. The highest BCUT2D eigenvalue weighted by Crippen LogP contribution is 2.26. The molecular weight excluding hydrogens is 183 g/mol. The van der Waals surface area contributed by atoms with E-state index in [9.17, 15) is 0 Å². The van der Waals surface area contributed by atoms with Crippen molar-refractivity contribution >= 4 is 7.69 Å². The summed E-state index contributed by atoms with van der Waals surface area (Å²) in [4.78, 5) is 0. The van der Waals surface area contributed by atoms with Crippen LogP contribution in [0.5, 0.6) is 11.5 Å². The van der Waals surface area contributed by atoms with Crippen LogP contribution in [0.4, 0.5) is 0 Å². The lowest BCUT2D eigenvalue weighted by molar-refractivity contribution is 0.389. The maximum absolute atomic E-state index is 7.00. The van der Waals surface area contributed by atoms with Crippen molar-refractivity contribution < 1.29 is 19.5 Å². The minimum Gasteiger partial charge on any atom is -0.496 e. The number of hydrogen-bond acceptors (Lipinski definition) is 4. The van der Waals surface area contributed by atoms with Crippen LogP contribution in [0.1, 0.15) is 5.56 Å². The molecule has 0 saturated heterocycles. The normalized spacial score (nSPS) is 8.36. The summed E-state index contributed by atoms with van der Waals surface area (Å²) in [6, 6.07) is 5.74. The highest BCUT2D eigenvalue weighted by molar-refractivity contribution is 6.13. The van der Waals surface area contributed by atoms with Crippen molar-refractivity contribution in [2.45, 2.75) is 6.92 Å². The molecule has 0 aliphatic carbocycles. The van der Waals surface area contributed by atoms with Crippen LogP contribution in [0.25, 0.3) is 0 Å². The molecular formula is C9H14BO4. The third-order valence-corrected chi connectivity index (χ3v) is 1.67. The minimum absolute atomic E-state index is 0. The molecule has 1 aromatic carbocycles. The molecule has 0 spiro atoms. The fourth-order valence-corrected chi connectivity index (χ4v) is 1.04. The predicted octanol–water partition coefficient (Wildman–Crippen LogP) is 0.517. The predicted molar refractivity (Wildman–Crippen MR) is 54.5 cm³/mol. The molecule has 0 saturated carbocycles. The van der Waals surface area contributed by atoms with E-state index in [1.807, 2.05) is 25.1 Å². The molecule has 1 aromatic rings. The molecule has 0 unspecified atom stereocenters. The lowest BCUT2D eigenvalue weighted by atomic mass is 10.2. The average Bonchev–Trinajstić information content (AvgIpc) is 2.19. The quantitative estimate of drug-likeness (QED) is 0.678. The van der Waals surface area contributed by atoms with Crippen molar-refractivity contribution in [3.63, 3.8) is 0 Å². The van der Waals surface area contributed by atoms with E-state index in [1.54, 1.807) is 14.2 Å². The Hall–Kier alpha value is -1.20. The zero-order valence-corrected chi connectivity index (χ0v) is 8.52. The van der Waals surface area contributed by atoms with Crippen molar-refractivity contribution in [3.8, 4) is 11.5 Å². The molecule has 77 valence electrons. The summed E-state index contributed by atoms with van der Waals surface area (Å²) in [7, 11) is 3.31. The van der Waals surface area contributed by atoms with E-state index >= 15 is 0 Å². The van der Waals surface area contributed by atoms with Crippen LogP contribution >= 0.6 is 0 Å². The van der Waals surface area contributed by atoms with E-state index in [0.29, 0.717) is 0 Å². The topological polar surface area (TPSA) is 58.9 Å². The fraction of sp³-hybridized carbons (Fsp3) is 0.333. The van der Waals surface area contributed by atoms with E-state index in [4.69, 9.17) is 19.5 Å². The summed E-state index contributed by atoms with van der Waals surface area (Å²) >= 11 is 0. The Morgan fingerprint density at radius 3 is 1.71 bits per heavy atom. The second kappa shape index (κ2) is 7.23. The van der Waals surface area contributed by atoms with Gasteiger partial charge in [-0.2, -0.15) is 0 Å². The first-order valence-electron chi connectivity index (χ1n) is 3.99. The van der Waals surface area contributed by atoms with Gasteiger partial charge in [0, 0.05) is 5.56 Å². The van der Waals surface area contributed by atoms with Crippen molar-refractivity contribution in [2.24, 2.45) is 0 Å². The zero-order valence-electron chi connectivity index (χ0n) is 8.52. The lowest BCUT2D eigenvalue weighted by Gasteiger charge is -2.07. The molecule has 0 atom stereocenters. The Morgan fingerprint density at radius 1 is 1.07 bits per heavy atom. The smallest absolute Gasteiger partial charge is 0.482 e. The molecule has 14 heavy (non-hydrogen) atoms. The maximum Gasteiger partial charge on any atom is 0.482 e. The van der Waals surface area contributed by atoms with Gasteiger partial charge in [-0.15, -0.1) is 0 Å². The Kier molecular flexibility index (Phi) is 6.61. The third kappa shape index (κ3) is 3.68. The van der Waals surface area contributed by atoms with Crippen molar-refractivity contribution in [1.82, 2.24) is 0 Å². The Balaban J connectivity index is 0.000000500. The molecule has 0 heterocycles. The first kappa shape index (κ1) is 12.8. The van der Waals surface area contributed by atoms with Gasteiger partial charge in [0.2, 0.25) is 0 Å². The van der Waals surface area contributed by atoms with Gasteiger partial charge in [0.15, 0.2) is 0 Å². The molecule has 2 N–H and O–H groups in total. The zero-order chi connectivity index (χ0) is 11.0. The summed E-state index contributed by atoms with van der Waals surface area (Å²) in [5, 5.41) is 14.0. The standard InChI is InChI=1S/C9H12O2.BH2O2/c1-7-8(10-2)5-4-6-9(7)11-3;2-1-3/h4-6H,1-3H3;2-3H. The van der Waals surface area contributed by atoms with Gasteiger partial charge < -0.3 is 19.5 Å². The van der Waals surface area contributed by atoms with E-state index in [-0.39, 0.29) is 7.69 Å². The molecule has 0 amide bonds. The summed E-state index contributed by atoms with van der Waals surface area (Å²) in [5.41, 5.74) is 1.04. The maximum atomic E-state index is 7.00. The van der Waals surface area contributed by atoms with Crippen molar-refractivity contribution in [1.29, 1.82) is 0 Å². The van der Waals surface area contributed by atoms with Crippen LogP contribution in [-0.2, 0) is 0 Å². The molecule has 4 nitrogen and oxygen atoms in total. The lowest BCUT2D eigenvalue weighted by Crippen LogP contribution is -1.90. The summed E-state index contributed by atoms with van der Waals surface area (Å²) in [6.45, 7) is 1.97. The second-order valence-electron chi connectivity index (χ2n) is 2.40. The van der Waals surface area contributed by atoms with Crippen LogP contribution in [0.2, 0.25) is 0 Å². The van der Waals surface area contributed by atoms with E-state index in [0.717, 1.165) is 17.1 Å². The van der Waals surface area contributed by atoms with Gasteiger partial charge in [0.25, 0.3) is 0 Å². The summed E-state index contributed by atoms with van der Waals surface area (Å²) < 4.78 is 10.2. The van der Waals surface area contributed by atoms with Gasteiger partial charge in [-0.05, 0) is 19.1 Å². The highest BCUT2D eigenvalue weighted by atomic mass is 16.5. The van der Waals surface area contributed by atoms with Crippen LogP contribution in [0.3, 0.4) is 0 Å². The summed E-state index contributed by atoms with van der Waals surface area (Å²) in [6.07, 6.45) is 0. The van der Waals surface area contributed by atoms with Crippen LogP contribution in [0.15, 0.2) is 18.2 Å². The van der Waals surface area contributed by atoms with E-state index in [1.165, 1.54) is 0 Å². The molecule has 0 bridgehead atoms. The Morgan fingerprint density at radius 2 is 1.43 bits per heavy atom. The van der Waals surface area contributed by atoms with E-state index in [2.05, 4.69) is 0 Å². The van der Waals surface area contributed by atoms with Gasteiger partial charge in [0.1, 0.15) is 11.5 Å². The van der Waals surface area contributed by atoms with Gasteiger partial charge in [0.05, 0.1) is 14.2 Å². The molecule has 0 fully saturated rings. The number of benzene rings is 1. The van der Waals surface area contributed by atoms with Crippen molar-refractivity contribution in [2.75, 3.05) is 14.2 Å². The van der Waals surface area contributed by atoms with Crippen LogP contribution in [-0.4, -0.2) is 32.0 Å². The largest absolute Gasteiger partial charge is 0.496 e. The summed E-state index contributed by atoms with van der Waals surface area (Å²) in [5.74, 6) is 1.73. The molecule has 5 heteroatoms. The first-order valence-corrected chi connectivity index (χ1v) is 3.99. The average molecular weight is 197 g/mol. The van der Waals surface area contributed by atoms with Gasteiger partial charge in [-0.3, -0.25) is 0 Å². The SMILES string of the molecule is COc1cccc(OC)c1C.O[B]O. The Bertz CT molecular complexity index is 243. The third-order valence-electron chi connectivity index (χ3n) is 1.67. The number of hydrogen-bond donors (Lipinski definition) is 2. The minimum atomic E-state index is 0. The van der Waals surface area contributed by atoms with Gasteiger partial charge >= 0.3 is 7.69 Å². The van der Waals surface area contributed by atoms with E-state index < -0.39 is 0 Å². The molecule has 1 rings (SSSR count). The highest BCUT2D eigenvalue weighted by Gasteiger charge is 2.01. The van der Waals surface area contributed by atoms with Gasteiger partial charge in [-0.1, -0.05) is 6.07 Å². The first-order chi connectivity index (χ1) is 6.71. The monoisotopic (exact) mass is 197 g/mol.